The van der Waals surface area contributed by atoms with Crippen LogP contribution in [0.1, 0.15) is 89.2 Å². The maximum absolute atomic E-state index is 14.9. The van der Waals surface area contributed by atoms with Crippen LogP contribution in [-0.4, -0.2) is 104 Å². The molecule has 0 spiro atoms. The first-order valence-electron chi connectivity index (χ1n) is 19.0. The van der Waals surface area contributed by atoms with Crippen molar-refractivity contribution >= 4 is 29.6 Å². The van der Waals surface area contributed by atoms with Gasteiger partial charge in [-0.1, -0.05) is 69.3 Å². The number of ketones is 1. The van der Waals surface area contributed by atoms with Crippen molar-refractivity contribution in [1.82, 2.24) is 5.32 Å². The van der Waals surface area contributed by atoms with E-state index in [1.165, 1.54) is 26.0 Å². The number of hydrogen-bond acceptors (Lipinski definition) is 13. The molecule has 2 bridgehead atoms. The predicted octanol–water partition coefficient (Wildman–Crippen LogP) is 2.65. The summed E-state index contributed by atoms with van der Waals surface area (Å²) in [6, 6.07) is 15.0. The molecule has 2 saturated carbocycles. The largest absolute Gasteiger partial charge is 0.456 e. The summed E-state index contributed by atoms with van der Waals surface area (Å²) in [7, 11) is 0. The highest BCUT2D eigenvalue weighted by atomic mass is 16.6. The fourth-order valence-electron chi connectivity index (χ4n) is 9.60. The van der Waals surface area contributed by atoms with Crippen LogP contribution in [0.15, 0.2) is 71.8 Å². The van der Waals surface area contributed by atoms with Crippen LogP contribution in [0.2, 0.25) is 0 Å². The minimum atomic E-state index is -2.33. The summed E-state index contributed by atoms with van der Waals surface area (Å²) in [6.07, 6.45) is -9.66. The summed E-state index contributed by atoms with van der Waals surface area (Å²) in [5.41, 5.74) is -6.99. The summed E-state index contributed by atoms with van der Waals surface area (Å²) >= 11 is 0. The predicted molar refractivity (Wildman–Crippen MR) is 197 cm³/mol. The topological polar surface area (TPSA) is 215 Å². The Bertz CT molecular complexity index is 1900. The highest BCUT2D eigenvalue weighted by Crippen LogP contribution is 2.64. The first kappa shape index (κ1) is 41.2. The molecule has 3 fully saturated rings. The number of carbonyl (C=O) groups excluding carboxylic acids is 5. The highest BCUT2D eigenvalue weighted by Gasteiger charge is 2.78. The minimum Gasteiger partial charge on any atom is -0.456 e. The zero-order valence-electron chi connectivity index (χ0n) is 32.4. The van der Waals surface area contributed by atoms with E-state index in [4.69, 9.17) is 18.9 Å². The second-order valence-corrected chi connectivity index (χ2v) is 16.2. The van der Waals surface area contributed by atoms with Crippen LogP contribution in [-0.2, 0) is 38.1 Å². The van der Waals surface area contributed by atoms with Gasteiger partial charge in [0.2, 0.25) is 5.91 Å². The van der Waals surface area contributed by atoms with E-state index in [9.17, 15) is 44.4 Å². The van der Waals surface area contributed by atoms with E-state index in [-0.39, 0.29) is 36.2 Å². The number of aliphatic hydroxyl groups excluding tert-OH is 3. The van der Waals surface area contributed by atoms with Gasteiger partial charge in [0.1, 0.15) is 30.0 Å². The molecule has 302 valence electrons. The SMILES string of the molecule is CCCC(=O)N[C@@H](c1ccccc1)[C@@H](O)C(=O)O[C@@H]1C[C@]2(O)[C@@H](OC(=O)c3ccccc3)[C@H]3[C@]4(OC(C)=O)CO[C@H]4C[C@H](O)[C@@]3(C)C(=O)[C@H](O)C(=C1C)C2(C)C. The van der Waals surface area contributed by atoms with Crippen molar-refractivity contribution in [2.24, 2.45) is 16.7 Å². The summed E-state index contributed by atoms with van der Waals surface area (Å²) in [6.45, 7) is 8.73. The van der Waals surface area contributed by atoms with Crippen molar-refractivity contribution in [2.45, 2.75) is 121 Å². The van der Waals surface area contributed by atoms with Gasteiger partial charge >= 0.3 is 17.9 Å². The number of hydrogen-bond donors (Lipinski definition) is 5. The molecule has 2 aromatic rings. The molecule has 1 aliphatic heterocycles. The second kappa shape index (κ2) is 15.1. The maximum atomic E-state index is 14.9. The van der Waals surface area contributed by atoms with Crippen LogP contribution in [0.25, 0.3) is 0 Å². The van der Waals surface area contributed by atoms with Gasteiger partial charge in [0.25, 0.3) is 0 Å². The van der Waals surface area contributed by atoms with Gasteiger partial charge in [-0.25, -0.2) is 9.59 Å². The Kier molecular flexibility index (Phi) is 11.1. The van der Waals surface area contributed by atoms with Gasteiger partial charge in [-0.2, -0.15) is 0 Å². The van der Waals surface area contributed by atoms with Crippen LogP contribution in [0.3, 0.4) is 0 Å². The molecule has 1 saturated heterocycles. The molecule has 14 heteroatoms. The molecule has 11 atom stereocenters. The van der Waals surface area contributed by atoms with Crippen molar-refractivity contribution in [2.75, 3.05) is 6.61 Å². The van der Waals surface area contributed by atoms with Gasteiger partial charge in [0.15, 0.2) is 17.5 Å². The van der Waals surface area contributed by atoms with Crippen molar-refractivity contribution in [3.8, 4) is 0 Å². The Hall–Kier alpha value is -4.47. The lowest BCUT2D eigenvalue weighted by Crippen LogP contribution is -2.81. The Morgan fingerprint density at radius 1 is 0.982 bits per heavy atom. The summed E-state index contributed by atoms with van der Waals surface area (Å²) in [5.74, 6) is -5.66. The Morgan fingerprint density at radius 2 is 1.61 bits per heavy atom. The smallest absolute Gasteiger partial charge is 0.338 e. The lowest BCUT2D eigenvalue weighted by atomic mass is 9.44. The second-order valence-electron chi connectivity index (χ2n) is 16.2. The molecule has 2 aromatic carbocycles. The number of fused-ring (bicyclic) bond motifs is 5. The summed E-state index contributed by atoms with van der Waals surface area (Å²) < 4.78 is 24.1. The van der Waals surface area contributed by atoms with Crippen molar-refractivity contribution in [3.63, 3.8) is 0 Å². The van der Waals surface area contributed by atoms with E-state index in [1.54, 1.807) is 69.3 Å². The summed E-state index contributed by atoms with van der Waals surface area (Å²) in [4.78, 5) is 68.5. The molecule has 5 N–H and O–H groups in total. The normalized spacial score (nSPS) is 34.2. The number of carbonyl (C=O) groups is 5. The van der Waals surface area contributed by atoms with Crippen molar-refractivity contribution in [3.05, 3.63) is 82.9 Å². The molecule has 4 aliphatic rings. The van der Waals surface area contributed by atoms with E-state index in [2.05, 4.69) is 5.32 Å². The van der Waals surface area contributed by atoms with E-state index in [1.807, 2.05) is 0 Å². The highest BCUT2D eigenvalue weighted by molar-refractivity contribution is 5.94. The average Bonchev–Trinajstić information content (AvgIpc) is 3.15. The number of nitrogens with one attached hydrogen (secondary N) is 1. The zero-order valence-corrected chi connectivity index (χ0v) is 32.4. The van der Waals surface area contributed by atoms with Gasteiger partial charge in [0, 0.05) is 31.6 Å². The fraction of sp³-hybridized carbons (Fsp3) is 0.548. The number of aliphatic hydroxyl groups is 4. The molecule has 1 amide bonds. The molecule has 0 radical (unpaired) electrons. The third-order valence-electron chi connectivity index (χ3n) is 12.7. The van der Waals surface area contributed by atoms with Gasteiger partial charge in [0.05, 0.1) is 35.6 Å². The number of ether oxygens (including phenoxy) is 4. The van der Waals surface area contributed by atoms with Gasteiger partial charge in [-0.05, 0) is 49.1 Å². The lowest BCUT2D eigenvalue weighted by Gasteiger charge is -2.67. The Labute approximate surface area is 325 Å². The zero-order chi connectivity index (χ0) is 41.0. The van der Waals surface area contributed by atoms with Crippen LogP contribution in [0.5, 0.6) is 0 Å². The molecule has 0 unspecified atom stereocenters. The third-order valence-corrected chi connectivity index (χ3v) is 12.7. The van der Waals surface area contributed by atoms with E-state index in [0.29, 0.717) is 12.0 Å². The van der Waals surface area contributed by atoms with Gasteiger partial charge < -0.3 is 44.7 Å². The third kappa shape index (κ3) is 6.54. The first-order valence-corrected chi connectivity index (χ1v) is 19.0. The minimum absolute atomic E-state index is 0.0412. The van der Waals surface area contributed by atoms with E-state index in [0.717, 1.165) is 6.92 Å². The molecule has 1 heterocycles. The molecule has 6 rings (SSSR count). The quantitative estimate of drug-likeness (QED) is 0.134. The van der Waals surface area contributed by atoms with Crippen LogP contribution < -0.4 is 5.32 Å². The van der Waals surface area contributed by atoms with Crippen molar-refractivity contribution in [1.29, 1.82) is 0 Å². The fourth-order valence-corrected chi connectivity index (χ4v) is 9.60. The molecular weight excluding hydrogens is 726 g/mol. The van der Waals surface area contributed by atoms with E-state index < -0.39 is 107 Å². The van der Waals surface area contributed by atoms with Crippen LogP contribution in [0.4, 0.5) is 0 Å². The standard InChI is InChI=1S/C42H51NO13/c1-7-14-29(46)43-31(24-15-10-8-11-16-24)33(48)38(51)54-26-20-42(52)36(55-37(50)25-17-12-9-13-18-25)34-40(6,35(49)32(47)30(22(26)2)39(42,4)5)27(45)19-28-41(34,21-53-28)56-23(3)44/h8-13,15-18,26-28,31-34,36,45,47-48,52H,7,14,19-21H2,1-6H3,(H,43,46)/t26-,27+,28+,31+,32-,33-,34-,36+,40-,41+,42+/m1/s1. The number of esters is 3. The van der Waals surface area contributed by atoms with Crippen LogP contribution >= 0.6 is 0 Å². The Balaban J connectivity index is 1.50. The van der Waals surface area contributed by atoms with Gasteiger partial charge in [-0.3, -0.25) is 14.4 Å². The Morgan fingerprint density at radius 3 is 2.18 bits per heavy atom. The van der Waals surface area contributed by atoms with E-state index >= 15 is 0 Å². The molecule has 56 heavy (non-hydrogen) atoms. The average molecular weight is 778 g/mol. The monoisotopic (exact) mass is 777 g/mol. The lowest BCUT2D eigenvalue weighted by molar-refractivity contribution is -0.346. The molecule has 3 aliphatic carbocycles. The molecular formula is C42H51NO13. The van der Waals surface area contributed by atoms with Crippen LogP contribution in [0, 0.1) is 16.7 Å². The first-order chi connectivity index (χ1) is 26.3. The number of rotatable bonds is 10. The number of benzene rings is 2. The summed E-state index contributed by atoms with van der Waals surface area (Å²) in [5, 5.41) is 51.6. The molecule has 0 aromatic heterocycles. The number of amides is 1. The van der Waals surface area contributed by atoms with Gasteiger partial charge in [-0.15, -0.1) is 0 Å². The van der Waals surface area contributed by atoms with Crippen molar-refractivity contribution < 1.29 is 63.3 Å². The maximum Gasteiger partial charge on any atom is 0.338 e. The number of Topliss-reactive ketones (excluding diaryl/α,β-unsaturated/α-hetero) is 1. The molecule has 14 nitrogen and oxygen atoms in total.